The highest BCUT2D eigenvalue weighted by Crippen LogP contribution is 2.26. The van der Waals surface area contributed by atoms with Gasteiger partial charge in [0, 0.05) is 28.5 Å². The van der Waals surface area contributed by atoms with Crippen molar-refractivity contribution in [2.45, 2.75) is 18.6 Å². The first-order chi connectivity index (χ1) is 13.3. The molecule has 3 rings (SSSR count). The highest BCUT2D eigenvalue weighted by Gasteiger charge is 2.31. The maximum Gasteiger partial charge on any atom is 0.227 e. The molecular formula is C19H19BrClFN2O3S. The van der Waals surface area contributed by atoms with Crippen LogP contribution in [0.1, 0.15) is 18.4 Å². The fraction of sp³-hybridized carbons (Fsp3) is 0.316. The number of benzene rings is 2. The molecule has 28 heavy (non-hydrogen) atoms. The zero-order chi connectivity index (χ0) is 20.3. The average molecular weight is 490 g/mol. The Morgan fingerprint density at radius 1 is 1.21 bits per heavy atom. The van der Waals surface area contributed by atoms with Crippen LogP contribution in [0, 0.1) is 11.7 Å². The van der Waals surface area contributed by atoms with Crippen LogP contribution in [0.3, 0.4) is 0 Å². The summed E-state index contributed by atoms with van der Waals surface area (Å²) in [5.41, 5.74) is 0.664. The van der Waals surface area contributed by atoms with Crippen LogP contribution in [0.25, 0.3) is 0 Å². The minimum absolute atomic E-state index is 0.113. The molecule has 0 bridgehead atoms. The first-order valence-corrected chi connectivity index (χ1v) is 11.5. The van der Waals surface area contributed by atoms with Gasteiger partial charge in [-0.3, -0.25) is 4.79 Å². The van der Waals surface area contributed by atoms with E-state index in [0.717, 1.165) is 0 Å². The third-order valence-electron chi connectivity index (χ3n) is 4.70. The lowest BCUT2D eigenvalue weighted by atomic mass is 9.97. The van der Waals surface area contributed by atoms with Crippen LogP contribution in [-0.2, 0) is 20.6 Å². The Morgan fingerprint density at radius 2 is 1.89 bits per heavy atom. The van der Waals surface area contributed by atoms with E-state index in [1.807, 2.05) is 0 Å². The second kappa shape index (κ2) is 8.90. The summed E-state index contributed by atoms with van der Waals surface area (Å²) >= 11 is 9.23. The van der Waals surface area contributed by atoms with E-state index < -0.39 is 15.8 Å². The van der Waals surface area contributed by atoms with Gasteiger partial charge < -0.3 is 5.32 Å². The number of carbonyl (C=O) groups excluding carboxylic acids is 1. The zero-order valence-corrected chi connectivity index (χ0v) is 18.0. The fourth-order valence-electron chi connectivity index (χ4n) is 3.13. The minimum Gasteiger partial charge on any atom is -0.323 e. The van der Waals surface area contributed by atoms with Crippen molar-refractivity contribution in [2.75, 3.05) is 18.4 Å². The molecule has 0 unspecified atom stereocenters. The standard InChI is InChI=1S/C19H19BrClFN2O3S/c20-15-5-6-18(17(22)11-15)23-19(25)13-7-9-24(10-8-13)28(26,27)12-14-3-1-2-4-16(14)21/h1-6,11,13H,7-10,12H2,(H,23,25). The Morgan fingerprint density at radius 3 is 2.54 bits per heavy atom. The quantitative estimate of drug-likeness (QED) is 0.676. The monoisotopic (exact) mass is 488 g/mol. The number of amides is 1. The molecule has 5 nitrogen and oxygen atoms in total. The molecule has 1 N–H and O–H groups in total. The Hall–Kier alpha value is -1.48. The number of rotatable bonds is 5. The van der Waals surface area contributed by atoms with E-state index in [2.05, 4.69) is 21.2 Å². The van der Waals surface area contributed by atoms with Gasteiger partial charge in [-0.15, -0.1) is 0 Å². The third kappa shape index (κ3) is 5.11. The van der Waals surface area contributed by atoms with Crippen molar-refractivity contribution in [1.82, 2.24) is 4.31 Å². The van der Waals surface area contributed by atoms with E-state index in [0.29, 0.717) is 27.9 Å². The van der Waals surface area contributed by atoms with Crippen LogP contribution in [0.15, 0.2) is 46.9 Å². The number of hydrogen-bond acceptors (Lipinski definition) is 3. The summed E-state index contributed by atoms with van der Waals surface area (Å²) in [4.78, 5) is 12.4. The maximum absolute atomic E-state index is 13.9. The number of hydrogen-bond donors (Lipinski definition) is 1. The first-order valence-electron chi connectivity index (χ1n) is 8.73. The van der Waals surface area contributed by atoms with Gasteiger partial charge in [0.15, 0.2) is 0 Å². The summed E-state index contributed by atoms with van der Waals surface area (Å²) in [5, 5.41) is 3.00. The van der Waals surface area contributed by atoms with Crippen LogP contribution < -0.4 is 5.32 Å². The lowest BCUT2D eigenvalue weighted by Crippen LogP contribution is -2.42. The molecule has 1 fully saturated rings. The van der Waals surface area contributed by atoms with Gasteiger partial charge >= 0.3 is 0 Å². The lowest BCUT2D eigenvalue weighted by molar-refractivity contribution is -0.120. The van der Waals surface area contributed by atoms with Crippen LogP contribution >= 0.6 is 27.5 Å². The summed E-state index contributed by atoms with van der Waals surface area (Å²) in [6, 6.07) is 11.2. The van der Waals surface area contributed by atoms with Crippen molar-refractivity contribution in [3.8, 4) is 0 Å². The molecule has 9 heteroatoms. The SMILES string of the molecule is O=C(Nc1ccc(Br)cc1F)C1CCN(S(=O)(=O)Cc2ccccc2Cl)CC1. The highest BCUT2D eigenvalue weighted by atomic mass is 79.9. The molecule has 2 aromatic carbocycles. The molecular weight excluding hydrogens is 471 g/mol. The topological polar surface area (TPSA) is 66.5 Å². The average Bonchev–Trinajstić information content (AvgIpc) is 2.66. The Kier molecular flexibility index (Phi) is 6.75. The summed E-state index contributed by atoms with van der Waals surface area (Å²) in [6.07, 6.45) is 0.761. The zero-order valence-electron chi connectivity index (χ0n) is 14.9. The molecule has 1 heterocycles. The van der Waals surface area contributed by atoms with Gasteiger partial charge in [0.05, 0.1) is 11.4 Å². The van der Waals surface area contributed by atoms with Gasteiger partial charge in [-0.1, -0.05) is 45.7 Å². The van der Waals surface area contributed by atoms with Crippen LogP contribution in [-0.4, -0.2) is 31.7 Å². The fourth-order valence-corrected chi connectivity index (χ4v) is 5.33. The molecule has 0 radical (unpaired) electrons. The highest BCUT2D eigenvalue weighted by molar-refractivity contribution is 9.10. The minimum atomic E-state index is -3.53. The van der Waals surface area contributed by atoms with Crippen LogP contribution in [0.2, 0.25) is 5.02 Å². The van der Waals surface area contributed by atoms with Crippen molar-refractivity contribution in [1.29, 1.82) is 0 Å². The number of piperidine rings is 1. The van der Waals surface area contributed by atoms with E-state index in [1.165, 1.54) is 16.4 Å². The van der Waals surface area contributed by atoms with Crippen molar-refractivity contribution in [3.05, 3.63) is 63.3 Å². The van der Waals surface area contributed by atoms with Crippen molar-refractivity contribution >= 4 is 49.1 Å². The van der Waals surface area contributed by atoms with Crippen molar-refractivity contribution in [2.24, 2.45) is 5.92 Å². The molecule has 1 amide bonds. The number of carbonyl (C=O) groups is 1. The number of anilines is 1. The van der Waals surface area contributed by atoms with Gasteiger partial charge in [-0.2, -0.15) is 0 Å². The summed E-state index contributed by atoms with van der Waals surface area (Å²) in [6.45, 7) is 0.487. The van der Waals surface area contributed by atoms with Crippen LogP contribution in [0.4, 0.5) is 10.1 Å². The van der Waals surface area contributed by atoms with Gasteiger partial charge in [0.1, 0.15) is 5.82 Å². The molecule has 0 spiro atoms. The van der Waals surface area contributed by atoms with E-state index >= 15 is 0 Å². The molecule has 150 valence electrons. The van der Waals surface area contributed by atoms with E-state index in [4.69, 9.17) is 11.6 Å². The second-order valence-electron chi connectivity index (χ2n) is 6.63. The molecule has 1 saturated heterocycles. The molecule has 0 atom stereocenters. The van der Waals surface area contributed by atoms with Gasteiger partial charge in [0.2, 0.25) is 15.9 Å². The van der Waals surface area contributed by atoms with Gasteiger partial charge in [0.25, 0.3) is 0 Å². The summed E-state index contributed by atoms with van der Waals surface area (Å²) in [5.74, 6) is -1.37. The molecule has 2 aromatic rings. The summed E-state index contributed by atoms with van der Waals surface area (Å²) < 4.78 is 41.2. The molecule has 0 saturated carbocycles. The molecule has 1 aliphatic rings. The number of nitrogens with zero attached hydrogens (tertiary/aromatic N) is 1. The lowest BCUT2D eigenvalue weighted by Gasteiger charge is -2.30. The Balaban J connectivity index is 1.59. The molecule has 0 aliphatic carbocycles. The molecule has 0 aromatic heterocycles. The second-order valence-corrected chi connectivity index (χ2v) is 9.93. The van der Waals surface area contributed by atoms with Crippen molar-refractivity contribution < 1.29 is 17.6 Å². The number of nitrogens with one attached hydrogen (secondary N) is 1. The normalized spacial score (nSPS) is 16.1. The predicted octanol–water partition coefficient (Wildman–Crippen LogP) is 4.42. The van der Waals surface area contributed by atoms with E-state index in [9.17, 15) is 17.6 Å². The molecule has 1 aliphatic heterocycles. The van der Waals surface area contributed by atoms with Gasteiger partial charge in [-0.05, 0) is 42.7 Å². The van der Waals surface area contributed by atoms with Crippen molar-refractivity contribution in [3.63, 3.8) is 0 Å². The van der Waals surface area contributed by atoms with Crippen LogP contribution in [0.5, 0.6) is 0 Å². The number of halogens is 3. The summed E-state index contributed by atoms with van der Waals surface area (Å²) in [7, 11) is -3.53. The smallest absolute Gasteiger partial charge is 0.227 e. The first kappa shape index (κ1) is 21.2. The maximum atomic E-state index is 13.9. The Labute approximate surface area is 177 Å². The van der Waals surface area contributed by atoms with E-state index in [1.54, 1.807) is 30.3 Å². The number of sulfonamides is 1. The Bertz CT molecular complexity index is 979. The van der Waals surface area contributed by atoms with Gasteiger partial charge in [-0.25, -0.2) is 17.1 Å². The third-order valence-corrected chi connectivity index (χ3v) is 7.39. The largest absolute Gasteiger partial charge is 0.323 e. The van der Waals surface area contributed by atoms with E-state index in [-0.39, 0.29) is 36.4 Å². The predicted molar refractivity (Wildman–Crippen MR) is 111 cm³/mol.